The van der Waals surface area contributed by atoms with E-state index in [4.69, 9.17) is 5.26 Å². The zero-order valence-electron chi connectivity index (χ0n) is 6.12. The number of hydrogen-bond donors (Lipinski definition) is 0. The van der Waals surface area contributed by atoms with Gasteiger partial charge in [0.05, 0.1) is 9.40 Å². The number of nitro groups is 1. The number of benzene rings is 1. The summed E-state index contributed by atoms with van der Waals surface area (Å²) >= 11 is 2.79. The van der Waals surface area contributed by atoms with Gasteiger partial charge >= 0.3 is 0 Å². The summed E-state index contributed by atoms with van der Waals surface area (Å²) in [6.45, 7) is 0. The van der Waals surface area contributed by atoms with Crippen LogP contribution >= 0.6 is 15.9 Å². The molecule has 0 aliphatic rings. The first-order valence-electron chi connectivity index (χ1n) is 3.10. The van der Waals surface area contributed by atoms with E-state index in [2.05, 4.69) is 15.9 Å². The van der Waals surface area contributed by atoms with Crippen LogP contribution < -0.4 is 0 Å². The molecule has 0 atom stereocenters. The Morgan fingerprint density at radius 3 is 2.69 bits per heavy atom. The van der Waals surface area contributed by atoms with Crippen molar-refractivity contribution in [1.82, 2.24) is 0 Å². The van der Waals surface area contributed by atoms with E-state index in [1.165, 1.54) is 0 Å². The number of halogens is 2. The first kappa shape index (κ1) is 9.61. The molecule has 1 aromatic carbocycles. The van der Waals surface area contributed by atoms with Crippen LogP contribution in [-0.2, 0) is 0 Å². The van der Waals surface area contributed by atoms with Crippen LogP contribution in [0.15, 0.2) is 16.6 Å². The molecule has 0 saturated carbocycles. The minimum Gasteiger partial charge on any atom is -0.258 e. The van der Waals surface area contributed by atoms with Gasteiger partial charge in [0.15, 0.2) is 0 Å². The highest BCUT2D eigenvalue weighted by atomic mass is 79.9. The summed E-state index contributed by atoms with van der Waals surface area (Å²) < 4.78 is 12.8. The SMILES string of the molecule is N#Cc1cc(F)c(Br)cc1[N+](=O)[O-]. The fourth-order valence-electron chi connectivity index (χ4n) is 0.777. The van der Waals surface area contributed by atoms with E-state index < -0.39 is 16.4 Å². The van der Waals surface area contributed by atoms with Crippen molar-refractivity contribution in [2.75, 3.05) is 0 Å². The van der Waals surface area contributed by atoms with Crippen molar-refractivity contribution in [3.05, 3.63) is 38.1 Å². The molecule has 0 unspecified atom stereocenters. The largest absolute Gasteiger partial charge is 0.288 e. The van der Waals surface area contributed by atoms with E-state index in [1.54, 1.807) is 6.07 Å². The lowest BCUT2D eigenvalue weighted by molar-refractivity contribution is -0.385. The Balaban J connectivity index is 3.44. The molecule has 0 amide bonds. The Morgan fingerprint density at radius 2 is 2.23 bits per heavy atom. The second-order valence-electron chi connectivity index (χ2n) is 2.15. The van der Waals surface area contributed by atoms with Gasteiger partial charge in [-0.05, 0) is 22.0 Å². The standard InChI is InChI=1S/C7H2BrFN2O2/c8-5-2-7(11(12)13)4(3-10)1-6(5)9/h1-2H. The summed E-state index contributed by atoms with van der Waals surface area (Å²) in [5.41, 5.74) is -0.693. The molecular weight excluding hydrogens is 243 g/mol. The average Bonchev–Trinajstić information content (AvgIpc) is 2.08. The Bertz CT molecular complexity index is 414. The predicted molar refractivity (Wildman–Crippen MR) is 45.5 cm³/mol. The Morgan fingerprint density at radius 1 is 1.62 bits per heavy atom. The molecule has 0 N–H and O–H groups in total. The van der Waals surface area contributed by atoms with E-state index in [1.807, 2.05) is 0 Å². The lowest BCUT2D eigenvalue weighted by Crippen LogP contribution is -1.93. The Labute approximate surface area is 80.9 Å². The van der Waals surface area contributed by atoms with Crippen molar-refractivity contribution >= 4 is 21.6 Å². The van der Waals surface area contributed by atoms with Gasteiger partial charge in [0.1, 0.15) is 17.4 Å². The van der Waals surface area contributed by atoms with Crippen LogP contribution in [0.4, 0.5) is 10.1 Å². The van der Waals surface area contributed by atoms with Crippen LogP contribution in [0, 0.1) is 27.3 Å². The number of nitriles is 1. The third-order valence-electron chi connectivity index (χ3n) is 1.36. The maximum Gasteiger partial charge on any atom is 0.288 e. The molecule has 0 aliphatic carbocycles. The van der Waals surface area contributed by atoms with Crippen molar-refractivity contribution in [1.29, 1.82) is 5.26 Å². The van der Waals surface area contributed by atoms with Gasteiger partial charge in [0.25, 0.3) is 5.69 Å². The van der Waals surface area contributed by atoms with Crippen LogP contribution in [0.25, 0.3) is 0 Å². The second-order valence-corrected chi connectivity index (χ2v) is 3.01. The fraction of sp³-hybridized carbons (Fsp3) is 0. The van der Waals surface area contributed by atoms with Crippen molar-refractivity contribution in [2.24, 2.45) is 0 Å². The normalized spacial score (nSPS) is 9.31. The molecule has 0 radical (unpaired) electrons. The topological polar surface area (TPSA) is 66.9 Å². The van der Waals surface area contributed by atoms with Gasteiger partial charge in [-0.1, -0.05) is 0 Å². The van der Waals surface area contributed by atoms with E-state index in [9.17, 15) is 14.5 Å². The molecule has 0 bridgehead atoms. The van der Waals surface area contributed by atoms with Gasteiger partial charge < -0.3 is 0 Å². The maximum absolute atomic E-state index is 12.8. The summed E-state index contributed by atoms with van der Waals surface area (Å²) in [7, 11) is 0. The summed E-state index contributed by atoms with van der Waals surface area (Å²) in [5.74, 6) is -0.692. The van der Waals surface area contributed by atoms with Gasteiger partial charge in [-0.3, -0.25) is 10.1 Å². The van der Waals surface area contributed by atoms with Crippen LogP contribution in [0.1, 0.15) is 5.56 Å². The molecule has 0 heterocycles. The first-order valence-corrected chi connectivity index (χ1v) is 3.89. The predicted octanol–water partition coefficient (Wildman–Crippen LogP) is 2.37. The zero-order valence-corrected chi connectivity index (χ0v) is 7.71. The molecule has 1 aromatic rings. The van der Waals surface area contributed by atoms with Crippen molar-refractivity contribution in [2.45, 2.75) is 0 Å². The van der Waals surface area contributed by atoms with Crippen LogP contribution in [0.3, 0.4) is 0 Å². The van der Waals surface area contributed by atoms with Gasteiger partial charge in [0, 0.05) is 6.07 Å². The minimum absolute atomic E-state index is 0.0294. The smallest absolute Gasteiger partial charge is 0.258 e. The molecule has 13 heavy (non-hydrogen) atoms. The summed E-state index contributed by atoms with van der Waals surface area (Å²) in [6.07, 6.45) is 0. The maximum atomic E-state index is 12.8. The molecular formula is C7H2BrFN2O2. The number of nitro benzene ring substituents is 1. The van der Waals surface area contributed by atoms with Gasteiger partial charge in [-0.15, -0.1) is 0 Å². The quantitative estimate of drug-likeness (QED) is 0.563. The Kier molecular flexibility index (Phi) is 2.58. The van der Waals surface area contributed by atoms with E-state index >= 15 is 0 Å². The average molecular weight is 245 g/mol. The lowest BCUT2D eigenvalue weighted by Gasteiger charge is -1.96. The summed E-state index contributed by atoms with van der Waals surface area (Å²) in [6, 6.07) is 3.33. The molecule has 6 heteroatoms. The van der Waals surface area contributed by atoms with Crippen molar-refractivity contribution in [3.8, 4) is 6.07 Å². The lowest BCUT2D eigenvalue weighted by atomic mass is 10.2. The summed E-state index contributed by atoms with van der Waals surface area (Å²) in [4.78, 5) is 9.62. The number of rotatable bonds is 1. The summed E-state index contributed by atoms with van der Waals surface area (Å²) in [5, 5.41) is 18.8. The highest BCUT2D eigenvalue weighted by Crippen LogP contribution is 2.25. The highest BCUT2D eigenvalue weighted by molar-refractivity contribution is 9.10. The molecule has 0 aromatic heterocycles. The fourth-order valence-corrected chi connectivity index (χ4v) is 1.11. The Hall–Kier alpha value is -1.48. The van der Waals surface area contributed by atoms with Crippen LogP contribution in [0.2, 0.25) is 0 Å². The monoisotopic (exact) mass is 244 g/mol. The molecule has 0 aliphatic heterocycles. The molecule has 4 nitrogen and oxygen atoms in total. The minimum atomic E-state index is -0.733. The van der Waals surface area contributed by atoms with Gasteiger partial charge in [-0.2, -0.15) is 5.26 Å². The van der Waals surface area contributed by atoms with Crippen LogP contribution in [0.5, 0.6) is 0 Å². The third kappa shape index (κ3) is 1.81. The van der Waals surface area contributed by atoms with Gasteiger partial charge in [0.2, 0.25) is 0 Å². The molecule has 66 valence electrons. The molecule has 0 saturated heterocycles. The van der Waals surface area contributed by atoms with E-state index in [0.29, 0.717) is 0 Å². The molecule has 0 spiro atoms. The molecule has 1 rings (SSSR count). The van der Waals surface area contributed by atoms with Crippen molar-refractivity contribution < 1.29 is 9.31 Å². The number of hydrogen-bond acceptors (Lipinski definition) is 3. The molecule has 0 fully saturated rings. The first-order chi connectivity index (χ1) is 6.06. The number of nitrogens with zero attached hydrogens (tertiary/aromatic N) is 2. The van der Waals surface area contributed by atoms with Crippen LogP contribution in [-0.4, -0.2) is 4.92 Å². The highest BCUT2D eigenvalue weighted by Gasteiger charge is 2.16. The van der Waals surface area contributed by atoms with E-state index in [0.717, 1.165) is 12.1 Å². The zero-order chi connectivity index (χ0) is 10.0. The van der Waals surface area contributed by atoms with Crippen molar-refractivity contribution in [3.63, 3.8) is 0 Å². The second kappa shape index (κ2) is 3.49. The van der Waals surface area contributed by atoms with E-state index in [-0.39, 0.29) is 10.0 Å². The third-order valence-corrected chi connectivity index (χ3v) is 1.96. The van der Waals surface area contributed by atoms with Gasteiger partial charge in [-0.25, -0.2) is 4.39 Å².